The van der Waals surface area contributed by atoms with Gasteiger partial charge >= 0.3 is 5.97 Å². The second-order valence-corrected chi connectivity index (χ2v) is 9.92. The topological polar surface area (TPSA) is 92.7 Å². The van der Waals surface area contributed by atoms with E-state index in [4.69, 9.17) is 4.74 Å². The standard InChI is InChI=1S/C28H33NO5/c1-16-9-8-12-21-26(32)19(4)18(3)24-22(15-20-10-6-5-7-11-20)29-27(33)28(21,24)34-23(30)14-13-17(2)25(16)31/h5-8,10-13,16,18,21-22,24,26,32H,4,9,14-15H2,1-3H3,(H,29,33)/b12-8-,17-13-/t16-,18+,21-,22-,24-,26+,28-/m0/s1. The van der Waals surface area contributed by atoms with Crippen molar-refractivity contribution in [3.8, 4) is 0 Å². The molecule has 34 heavy (non-hydrogen) atoms. The SMILES string of the molecule is C=C1[C@@H](C)[C@H]2[C@H](Cc3ccccc3)NC(=O)[C@@]23OC(=O)C/C=C(/C)C(=O)[C@@H](C)C/C=C\[C@H]3[C@@H]1O. The molecule has 2 fully saturated rings. The van der Waals surface area contributed by atoms with Gasteiger partial charge in [0.2, 0.25) is 5.60 Å². The molecule has 1 aromatic carbocycles. The van der Waals surface area contributed by atoms with Gasteiger partial charge in [0.25, 0.3) is 5.91 Å². The van der Waals surface area contributed by atoms with E-state index in [1.54, 1.807) is 19.1 Å². The monoisotopic (exact) mass is 463 g/mol. The number of rotatable bonds is 2. The minimum atomic E-state index is -1.55. The molecule has 2 aliphatic heterocycles. The first kappa shape index (κ1) is 24.1. The highest BCUT2D eigenvalue weighted by molar-refractivity contribution is 5.97. The number of hydrogen-bond donors (Lipinski definition) is 2. The summed E-state index contributed by atoms with van der Waals surface area (Å²) in [7, 11) is 0. The molecule has 1 saturated carbocycles. The lowest BCUT2D eigenvalue weighted by molar-refractivity contribution is -0.185. The van der Waals surface area contributed by atoms with Gasteiger partial charge in [-0.15, -0.1) is 0 Å². The first-order chi connectivity index (χ1) is 16.2. The summed E-state index contributed by atoms with van der Waals surface area (Å²) < 4.78 is 6.06. The van der Waals surface area contributed by atoms with Crippen LogP contribution in [0.3, 0.4) is 0 Å². The predicted molar refractivity (Wildman–Crippen MR) is 128 cm³/mol. The number of esters is 1. The van der Waals surface area contributed by atoms with Crippen LogP contribution in [0.2, 0.25) is 0 Å². The van der Waals surface area contributed by atoms with Crippen LogP contribution in [-0.2, 0) is 25.5 Å². The largest absolute Gasteiger partial charge is 0.448 e. The summed E-state index contributed by atoms with van der Waals surface area (Å²) >= 11 is 0. The fraction of sp³-hybridized carbons (Fsp3) is 0.464. The number of ketones is 1. The highest BCUT2D eigenvalue weighted by Crippen LogP contribution is 2.52. The highest BCUT2D eigenvalue weighted by Gasteiger charge is 2.67. The van der Waals surface area contributed by atoms with Crippen LogP contribution in [-0.4, -0.2) is 40.5 Å². The summed E-state index contributed by atoms with van der Waals surface area (Å²) in [5.74, 6) is -2.74. The third kappa shape index (κ3) is 4.05. The minimum absolute atomic E-state index is 0.0330. The fourth-order valence-corrected chi connectivity index (χ4v) is 5.85. The van der Waals surface area contributed by atoms with E-state index in [-0.39, 0.29) is 36.0 Å². The maximum Gasteiger partial charge on any atom is 0.310 e. The van der Waals surface area contributed by atoms with E-state index >= 15 is 0 Å². The highest BCUT2D eigenvalue weighted by atomic mass is 16.6. The summed E-state index contributed by atoms with van der Waals surface area (Å²) in [6.07, 6.45) is 5.00. The second-order valence-electron chi connectivity index (χ2n) is 9.92. The average Bonchev–Trinajstić information content (AvgIpc) is 3.08. The Balaban J connectivity index is 1.80. The van der Waals surface area contributed by atoms with Crippen LogP contribution in [0.25, 0.3) is 0 Å². The molecule has 0 aromatic heterocycles. The molecule has 1 saturated heterocycles. The van der Waals surface area contributed by atoms with Gasteiger partial charge in [0, 0.05) is 17.9 Å². The molecule has 1 amide bonds. The lowest BCUT2D eigenvalue weighted by atomic mass is 9.59. The molecule has 180 valence electrons. The Kier molecular flexibility index (Phi) is 6.63. The number of carbonyl (C=O) groups is 3. The zero-order valence-electron chi connectivity index (χ0n) is 20.0. The quantitative estimate of drug-likeness (QED) is 0.519. The number of aliphatic hydroxyl groups is 1. The zero-order valence-corrected chi connectivity index (χ0v) is 20.0. The summed E-state index contributed by atoms with van der Waals surface area (Å²) in [5, 5.41) is 14.3. The van der Waals surface area contributed by atoms with E-state index in [0.717, 1.165) is 5.56 Å². The van der Waals surface area contributed by atoms with Crippen LogP contribution >= 0.6 is 0 Å². The van der Waals surface area contributed by atoms with Crippen molar-refractivity contribution in [3.63, 3.8) is 0 Å². The first-order valence-electron chi connectivity index (χ1n) is 12.0. The number of allylic oxidation sites excluding steroid dienone is 2. The van der Waals surface area contributed by atoms with E-state index in [9.17, 15) is 19.5 Å². The van der Waals surface area contributed by atoms with E-state index in [0.29, 0.717) is 24.0 Å². The van der Waals surface area contributed by atoms with Gasteiger partial charge in [-0.3, -0.25) is 14.4 Å². The van der Waals surface area contributed by atoms with E-state index < -0.39 is 29.5 Å². The van der Waals surface area contributed by atoms with Gasteiger partial charge in [-0.05, 0) is 42.4 Å². The van der Waals surface area contributed by atoms with Crippen molar-refractivity contribution in [1.29, 1.82) is 0 Å². The summed E-state index contributed by atoms with van der Waals surface area (Å²) in [6, 6.07) is 9.57. The van der Waals surface area contributed by atoms with Crippen molar-refractivity contribution >= 4 is 17.7 Å². The number of nitrogens with one attached hydrogen (secondary N) is 1. The van der Waals surface area contributed by atoms with Gasteiger partial charge in [-0.2, -0.15) is 0 Å². The zero-order chi connectivity index (χ0) is 24.6. The van der Waals surface area contributed by atoms with Gasteiger partial charge in [-0.25, -0.2) is 0 Å². The average molecular weight is 464 g/mol. The molecule has 0 unspecified atom stereocenters. The van der Waals surface area contributed by atoms with Crippen LogP contribution in [0.4, 0.5) is 0 Å². The second kappa shape index (κ2) is 9.34. The van der Waals surface area contributed by atoms with Crippen LogP contribution in [0.1, 0.15) is 39.2 Å². The number of aliphatic hydroxyl groups excluding tert-OH is 1. The van der Waals surface area contributed by atoms with Gasteiger partial charge in [-0.1, -0.05) is 69.0 Å². The van der Waals surface area contributed by atoms with Crippen molar-refractivity contribution < 1.29 is 24.2 Å². The lowest BCUT2D eigenvalue weighted by Crippen LogP contribution is -2.61. The van der Waals surface area contributed by atoms with Gasteiger partial charge in [0.05, 0.1) is 18.4 Å². The number of carbonyl (C=O) groups excluding carboxylic acids is 3. The van der Waals surface area contributed by atoms with E-state index in [1.807, 2.05) is 50.3 Å². The Morgan fingerprint density at radius 3 is 2.59 bits per heavy atom. The maximum absolute atomic E-state index is 13.7. The molecular formula is C28H33NO5. The van der Waals surface area contributed by atoms with Gasteiger partial charge in [0.1, 0.15) is 0 Å². The number of hydrogen-bond acceptors (Lipinski definition) is 5. The van der Waals surface area contributed by atoms with Gasteiger partial charge in [0.15, 0.2) is 5.78 Å². The van der Waals surface area contributed by atoms with Crippen LogP contribution in [0.5, 0.6) is 0 Å². The van der Waals surface area contributed by atoms with Crippen molar-refractivity contribution in [2.45, 2.75) is 57.8 Å². The van der Waals surface area contributed by atoms with Gasteiger partial charge < -0.3 is 15.2 Å². The Hall–Kier alpha value is -2.99. The molecule has 3 aliphatic rings. The molecule has 0 radical (unpaired) electrons. The van der Waals surface area contributed by atoms with Crippen molar-refractivity contribution in [3.05, 3.63) is 71.8 Å². The summed E-state index contributed by atoms with van der Waals surface area (Å²) in [5.41, 5.74) is 0.632. The van der Waals surface area contributed by atoms with Crippen molar-refractivity contribution in [2.24, 2.45) is 23.7 Å². The molecule has 0 bridgehead atoms. The lowest BCUT2D eigenvalue weighted by Gasteiger charge is -2.49. The van der Waals surface area contributed by atoms with E-state index in [2.05, 4.69) is 11.9 Å². The molecule has 1 spiro atoms. The predicted octanol–water partition coefficient (Wildman–Crippen LogP) is 3.31. The Morgan fingerprint density at radius 1 is 1.18 bits per heavy atom. The number of Topliss-reactive ketones (excluding diaryl/α,β-unsaturated/α-hetero) is 1. The summed E-state index contributed by atoms with van der Waals surface area (Å²) in [4.78, 5) is 39.3. The van der Waals surface area contributed by atoms with Crippen LogP contribution in [0, 0.1) is 23.7 Å². The Labute approximate surface area is 200 Å². The molecule has 1 aromatic rings. The van der Waals surface area contributed by atoms with Crippen molar-refractivity contribution in [1.82, 2.24) is 5.32 Å². The Bertz CT molecular complexity index is 1060. The molecule has 2 N–H and O–H groups in total. The first-order valence-corrected chi connectivity index (χ1v) is 12.0. The van der Waals surface area contributed by atoms with Crippen LogP contribution in [0.15, 0.2) is 66.3 Å². The minimum Gasteiger partial charge on any atom is -0.448 e. The molecule has 7 atom stereocenters. The third-order valence-corrected chi connectivity index (χ3v) is 7.76. The molecule has 1 aliphatic carbocycles. The third-order valence-electron chi connectivity index (χ3n) is 7.76. The van der Waals surface area contributed by atoms with Crippen molar-refractivity contribution in [2.75, 3.05) is 0 Å². The molecule has 6 nitrogen and oxygen atoms in total. The van der Waals surface area contributed by atoms with Crippen LogP contribution < -0.4 is 5.32 Å². The Morgan fingerprint density at radius 2 is 1.88 bits per heavy atom. The smallest absolute Gasteiger partial charge is 0.310 e. The molecular weight excluding hydrogens is 430 g/mol. The number of amides is 1. The molecule has 4 rings (SSSR count). The van der Waals surface area contributed by atoms with E-state index in [1.165, 1.54) is 0 Å². The summed E-state index contributed by atoms with van der Waals surface area (Å²) in [6.45, 7) is 9.62. The molecule has 6 heteroatoms. The number of benzene rings is 1. The molecule has 2 heterocycles. The normalized spacial score (nSPS) is 38.9. The maximum atomic E-state index is 13.7. The number of ether oxygens (including phenoxy) is 1. The fourth-order valence-electron chi connectivity index (χ4n) is 5.85.